The molecule has 2 aromatic carbocycles. The van der Waals surface area contributed by atoms with Gasteiger partial charge in [0, 0.05) is 16.7 Å². The fourth-order valence-corrected chi connectivity index (χ4v) is 2.20. The second-order valence-electron chi connectivity index (χ2n) is 5.86. The summed E-state index contributed by atoms with van der Waals surface area (Å²) in [5.74, 6) is 4.63. The van der Waals surface area contributed by atoms with Gasteiger partial charge in [-0.1, -0.05) is 30.0 Å². The summed E-state index contributed by atoms with van der Waals surface area (Å²) in [5, 5.41) is 12.1. The number of carbonyl (C=O) groups excluding carboxylic acids is 3. The molecule has 144 valence electrons. The maximum atomic E-state index is 12.3. The first kappa shape index (κ1) is 20.5. The molecule has 0 radical (unpaired) electrons. The lowest BCUT2D eigenvalue weighted by Gasteiger charge is -2.20. The first-order valence-electron chi connectivity index (χ1n) is 8.38. The van der Waals surface area contributed by atoms with Crippen molar-refractivity contribution in [2.24, 2.45) is 5.73 Å². The van der Waals surface area contributed by atoms with E-state index < -0.39 is 30.0 Å². The van der Waals surface area contributed by atoms with Crippen LogP contribution in [-0.4, -0.2) is 35.1 Å². The molecule has 28 heavy (non-hydrogen) atoms. The van der Waals surface area contributed by atoms with Crippen LogP contribution in [0.4, 0.5) is 4.79 Å². The third-order valence-electron chi connectivity index (χ3n) is 3.63. The minimum Gasteiger partial charge on any atom is -0.391 e. The lowest BCUT2D eigenvalue weighted by molar-refractivity contribution is -0.126. The number of rotatable bonds is 4. The van der Waals surface area contributed by atoms with E-state index in [4.69, 9.17) is 5.73 Å². The van der Waals surface area contributed by atoms with Crippen LogP contribution in [0.15, 0.2) is 54.6 Å². The van der Waals surface area contributed by atoms with Crippen LogP contribution in [0.3, 0.4) is 0 Å². The molecule has 2 aromatic rings. The molecule has 0 aromatic heterocycles. The number of nitrogens with two attached hydrogens (primary N) is 1. The zero-order valence-corrected chi connectivity index (χ0v) is 15.1. The predicted molar refractivity (Wildman–Crippen MR) is 103 cm³/mol. The highest BCUT2D eigenvalue weighted by molar-refractivity contribution is 5.98. The van der Waals surface area contributed by atoms with E-state index in [9.17, 15) is 19.5 Å². The average Bonchev–Trinajstić information content (AvgIpc) is 2.69. The van der Waals surface area contributed by atoms with Gasteiger partial charge >= 0.3 is 6.03 Å². The molecule has 8 nitrogen and oxygen atoms in total. The Morgan fingerprint density at radius 3 is 2.04 bits per heavy atom. The summed E-state index contributed by atoms with van der Waals surface area (Å²) in [7, 11) is 0. The Kier molecular flexibility index (Phi) is 7.13. The molecule has 0 saturated heterocycles. The number of urea groups is 1. The predicted octanol–water partition coefficient (Wildman–Crippen LogP) is 0.265. The third-order valence-corrected chi connectivity index (χ3v) is 3.63. The van der Waals surface area contributed by atoms with Gasteiger partial charge in [-0.2, -0.15) is 0 Å². The first-order valence-corrected chi connectivity index (χ1v) is 8.38. The van der Waals surface area contributed by atoms with Crippen LogP contribution in [0.1, 0.15) is 28.4 Å². The molecule has 6 N–H and O–H groups in total. The molecule has 0 unspecified atom stereocenters. The molecule has 0 spiro atoms. The monoisotopic (exact) mass is 380 g/mol. The van der Waals surface area contributed by atoms with Crippen molar-refractivity contribution in [3.05, 3.63) is 71.3 Å². The molecule has 0 aliphatic carbocycles. The molecular weight excluding hydrogens is 360 g/mol. The van der Waals surface area contributed by atoms with E-state index >= 15 is 0 Å². The minimum atomic E-state index is -1.28. The summed E-state index contributed by atoms with van der Waals surface area (Å²) in [4.78, 5) is 34.9. The Morgan fingerprint density at radius 1 is 0.929 bits per heavy atom. The first-order chi connectivity index (χ1) is 13.4. The SMILES string of the molecule is C[C@@H](O)[C@H](NC(=O)c1ccc(C#Cc2ccccc2)cc1)C(=O)NNC(N)=O. The van der Waals surface area contributed by atoms with Gasteiger partial charge in [-0.05, 0) is 43.3 Å². The Morgan fingerprint density at radius 2 is 1.50 bits per heavy atom. The van der Waals surface area contributed by atoms with Crippen molar-refractivity contribution >= 4 is 17.8 Å². The molecule has 0 bridgehead atoms. The number of amides is 4. The molecule has 0 heterocycles. The van der Waals surface area contributed by atoms with Crippen LogP contribution >= 0.6 is 0 Å². The Labute approximate surface area is 162 Å². The number of benzene rings is 2. The van der Waals surface area contributed by atoms with Crippen molar-refractivity contribution in [1.29, 1.82) is 0 Å². The van der Waals surface area contributed by atoms with E-state index in [1.807, 2.05) is 41.2 Å². The summed E-state index contributed by atoms with van der Waals surface area (Å²) < 4.78 is 0. The van der Waals surface area contributed by atoms with Crippen LogP contribution < -0.4 is 21.9 Å². The highest BCUT2D eigenvalue weighted by atomic mass is 16.3. The van der Waals surface area contributed by atoms with Crippen LogP contribution in [-0.2, 0) is 4.79 Å². The number of aliphatic hydroxyl groups excluding tert-OH is 1. The van der Waals surface area contributed by atoms with Crippen molar-refractivity contribution < 1.29 is 19.5 Å². The van der Waals surface area contributed by atoms with Gasteiger partial charge in [-0.3, -0.25) is 15.0 Å². The molecule has 0 aliphatic heterocycles. The summed E-state index contributed by atoms with van der Waals surface area (Å²) in [5.41, 5.74) is 10.6. The highest BCUT2D eigenvalue weighted by Crippen LogP contribution is 2.05. The molecule has 0 fully saturated rings. The van der Waals surface area contributed by atoms with Crippen LogP contribution in [0, 0.1) is 11.8 Å². The second kappa shape index (κ2) is 9.75. The summed E-state index contributed by atoms with van der Waals surface area (Å²) in [6.45, 7) is 1.33. The number of primary amides is 1. The Hall–Kier alpha value is -3.83. The van der Waals surface area contributed by atoms with Crippen molar-refractivity contribution in [1.82, 2.24) is 16.2 Å². The van der Waals surface area contributed by atoms with Gasteiger partial charge in [0.2, 0.25) is 0 Å². The van der Waals surface area contributed by atoms with Crippen LogP contribution in [0.25, 0.3) is 0 Å². The minimum absolute atomic E-state index is 0.284. The number of hydrazine groups is 1. The van der Waals surface area contributed by atoms with E-state index in [1.54, 1.807) is 24.3 Å². The average molecular weight is 380 g/mol. The topological polar surface area (TPSA) is 134 Å². The highest BCUT2D eigenvalue weighted by Gasteiger charge is 2.26. The summed E-state index contributed by atoms with van der Waals surface area (Å²) in [6, 6.07) is 13.7. The lowest BCUT2D eigenvalue weighted by atomic mass is 10.1. The van der Waals surface area contributed by atoms with Gasteiger partial charge in [-0.25, -0.2) is 10.2 Å². The second-order valence-corrected chi connectivity index (χ2v) is 5.86. The Balaban J connectivity index is 2.04. The van der Waals surface area contributed by atoms with Gasteiger partial charge in [-0.15, -0.1) is 0 Å². The van der Waals surface area contributed by atoms with Gasteiger partial charge in [0.25, 0.3) is 11.8 Å². The third kappa shape index (κ3) is 6.16. The zero-order chi connectivity index (χ0) is 20.5. The number of nitrogens with one attached hydrogen (secondary N) is 3. The number of hydrogen-bond acceptors (Lipinski definition) is 4. The van der Waals surface area contributed by atoms with E-state index in [2.05, 4.69) is 17.2 Å². The van der Waals surface area contributed by atoms with E-state index in [0.29, 0.717) is 0 Å². The van der Waals surface area contributed by atoms with Crippen LogP contribution in [0.5, 0.6) is 0 Å². The fraction of sp³-hybridized carbons (Fsp3) is 0.150. The van der Waals surface area contributed by atoms with Crippen LogP contribution in [0.2, 0.25) is 0 Å². The molecule has 2 atom stereocenters. The number of carbonyl (C=O) groups is 3. The molecule has 0 aliphatic rings. The summed E-state index contributed by atoms with van der Waals surface area (Å²) >= 11 is 0. The quantitative estimate of drug-likeness (QED) is 0.384. The van der Waals surface area contributed by atoms with Gasteiger partial charge < -0.3 is 16.2 Å². The Bertz CT molecular complexity index is 899. The van der Waals surface area contributed by atoms with Crippen molar-refractivity contribution in [2.45, 2.75) is 19.1 Å². The molecular formula is C20H20N4O4. The van der Waals surface area contributed by atoms with E-state index in [-0.39, 0.29) is 5.56 Å². The summed E-state index contributed by atoms with van der Waals surface area (Å²) in [6.07, 6.45) is -1.20. The molecule has 2 rings (SSSR count). The standard InChI is InChI=1S/C20H20N4O4/c1-13(25)17(19(27)23-24-20(21)28)22-18(26)16-11-9-15(10-12-16)8-7-14-5-3-2-4-6-14/h2-6,9-13,17,25H,1H3,(H,22,26)(H,23,27)(H3,21,24,28)/t13-,17+/m1/s1. The maximum Gasteiger partial charge on any atom is 0.330 e. The molecule has 4 amide bonds. The fourth-order valence-electron chi connectivity index (χ4n) is 2.20. The van der Waals surface area contributed by atoms with Gasteiger partial charge in [0.1, 0.15) is 6.04 Å². The van der Waals surface area contributed by atoms with E-state index in [0.717, 1.165) is 11.1 Å². The van der Waals surface area contributed by atoms with Gasteiger partial charge in [0.05, 0.1) is 6.10 Å². The largest absolute Gasteiger partial charge is 0.391 e. The maximum absolute atomic E-state index is 12.3. The van der Waals surface area contributed by atoms with E-state index in [1.165, 1.54) is 6.92 Å². The normalized spacial score (nSPS) is 11.9. The van der Waals surface area contributed by atoms with Gasteiger partial charge in [0.15, 0.2) is 0 Å². The molecule has 0 saturated carbocycles. The number of hydrogen-bond donors (Lipinski definition) is 5. The van der Waals surface area contributed by atoms with Crippen molar-refractivity contribution in [2.75, 3.05) is 0 Å². The van der Waals surface area contributed by atoms with Crippen molar-refractivity contribution in [3.8, 4) is 11.8 Å². The lowest BCUT2D eigenvalue weighted by Crippen LogP contribution is -2.57. The number of aliphatic hydroxyl groups is 1. The smallest absolute Gasteiger partial charge is 0.330 e. The van der Waals surface area contributed by atoms with Crippen molar-refractivity contribution in [3.63, 3.8) is 0 Å². The zero-order valence-electron chi connectivity index (χ0n) is 15.1. The molecule has 8 heteroatoms.